The van der Waals surface area contributed by atoms with Gasteiger partial charge in [-0.15, -0.1) is 11.3 Å². The van der Waals surface area contributed by atoms with Crippen LogP contribution in [-0.2, 0) is 0 Å². The van der Waals surface area contributed by atoms with Crippen LogP contribution in [0.5, 0.6) is 0 Å². The molecule has 0 amide bonds. The Bertz CT molecular complexity index is 265. The van der Waals surface area contributed by atoms with Crippen LogP contribution in [0.1, 0.15) is 21.5 Å². The van der Waals surface area contributed by atoms with E-state index in [0.717, 1.165) is 14.2 Å². The van der Waals surface area contributed by atoms with E-state index in [1.165, 1.54) is 11.3 Å². The summed E-state index contributed by atoms with van der Waals surface area (Å²) in [6, 6.07) is 1.96. The van der Waals surface area contributed by atoms with Crippen molar-refractivity contribution in [2.75, 3.05) is 0 Å². The van der Waals surface area contributed by atoms with E-state index < -0.39 is 0 Å². The van der Waals surface area contributed by atoms with Gasteiger partial charge in [-0.25, -0.2) is 0 Å². The number of carbonyl (C=O) groups is 1. The molecule has 0 saturated carbocycles. The Hall–Kier alpha value is -0.150. The minimum atomic E-state index is 0.130. The molecule has 1 rings (SSSR count). The van der Waals surface area contributed by atoms with Crippen LogP contribution >= 0.6 is 27.3 Å². The lowest BCUT2D eigenvalue weighted by Crippen LogP contribution is -1.85. The summed E-state index contributed by atoms with van der Waals surface area (Å²) in [5, 5.41) is 0. The Kier molecular flexibility index (Phi) is 2.26. The fourth-order valence-corrected chi connectivity index (χ4v) is 2.54. The molecule has 0 saturated heterocycles. The van der Waals surface area contributed by atoms with E-state index in [2.05, 4.69) is 15.9 Å². The quantitative estimate of drug-likeness (QED) is 0.663. The molecule has 54 valence electrons. The van der Waals surface area contributed by atoms with Crippen molar-refractivity contribution in [1.82, 2.24) is 0 Å². The number of ketones is 1. The summed E-state index contributed by atoms with van der Waals surface area (Å²) >= 11 is 4.83. The van der Waals surface area contributed by atoms with Crippen LogP contribution in [-0.4, -0.2) is 5.78 Å². The molecule has 3 heteroatoms. The van der Waals surface area contributed by atoms with Gasteiger partial charge in [-0.3, -0.25) is 4.79 Å². The molecule has 0 unspecified atom stereocenters. The maximum atomic E-state index is 10.9. The molecule has 0 aliphatic carbocycles. The standard InChI is InChI=1S/C7H7BrOS/c1-4-3-6(8)7(10-4)5(2)9/h3H,1-2H3. The summed E-state index contributed by atoms with van der Waals surface area (Å²) in [7, 11) is 0. The fourth-order valence-electron chi connectivity index (χ4n) is 0.723. The highest BCUT2D eigenvalue weighted by molar-refractivity contribution is 9.10. The van der Waals surface area contributed by atoms with Crippen molar-refractivity contribution in [2.24, 2.45) is 0 Å². The van der Waals surface area contributed by atoms with Crippen LogP contribution in [0.4, 0.5) is 0 Å². The number of hydrogen-bond acceptors (Lipinski definition) is 2. The molecule has 10 heavy (non-hydrogen) atoms. The minimum absolute atomic E-state index is 0.130. The van der Waals surface area contributed by atoms with Gasteiger partial charge in [-0.1, -0.05) is 0 Å². The maximum Gasteiger partial charge on any atom is 0.170 e. The van der Waals surface area contributed by atoms with E-state index in [9.17, 15) is 4.79 Å². The average Bonchev–Trinajstić information content (AvgIpc) is 2.10. The molecule has 1 aromatic rings. The molecule has 0 aliphatic rings. The van der Waals surface area contributed by atoms with Gasteiger partial charge in [-0.2, -0.15) is 0 Å². The molecule has 0 atom stereocenters. The zero-order valence-electron chi connectivity index (χ0n) is 5.77. The van der Waals surface area contributed by atoms with Crippen molar-refractivity contribution in [3.8, 4) is 0 Å². The van der Waals surface area contributed by atoms with Crippen LogP contribution < -0.4 is 0 Å². The number of rotatable bonds is 1. The summed E-state index contributed by atoms with van der Waals surface area (Å²) in [6.45, 7) is 3.57. The van der Waals surface area contributed by atoms with Gasteiger partial charge in [0.15, 0.2) is 5.78 Å². The molecule has 0 fully saturated rings. The first kappa shape index (κ1) is 7.95. The fraction of sp³-hybridized carbons (Fsp3) is 0.286. The zero-order valence-corrected chi connectivity index (χ0v) is 8.17. The largest absolute Gasteiger partial charge is 0.294 e. The first-order valence-electron chi connectivity index (χ1n) is 2.88. The number of Topliss-reactive ketones (excluding diaryl/α,β-unsaturated/α-hetero) is 1. The molecule has 0 N–H and O–H groups in total. The highest BCUT2D eigenvalue weighted by atomic mass is 79.9. The van der Waals surface area contributed by atoms with Gasteiger partial charge in [0.1, 0.15) is 0 Å². The SMILES string of the molecule is CC(=O)c1sc(C)cc1Br. The molecule has 1 aromatic heterocycles. The van der Waals surface area contributed by atoms with Gasteiger partial charge >= 0.3 is 0 Å². The summed E-state index contributed by atoms with van der Waals surface area (Å²) in [5.74, 6) is 0.130. The Labute approximate surface area is 72.2 Å². The molecule has 1 heterocycles. The van der Waals surface area contributed by atoms with Crippen LogP contribution in [0, 0.1) is 6.92 Å². The molecule has 0 aliphatic heterocycles. The van der Waals surface area contributed by atoms with E-state index in [4.69, 9.17) is 0 Å². The number of halogens is 1. The second-order valence-electron chi connectivity index (χ2n) is 2.09. The second kappa shape index (κ2) is 2.84. The molecule has 0 spiro atoms. The van der Waals surface area contributed by atoms with Crippen LogP contribution in [0.2, 0.25) is 0 Å². The van der Waals surface area contributed by atoms with Crippen LogP contribution in [0.15, 0.2) is 10.5 Å². The predicted octanol–water partition coefficient (Wildman–Crippen LogP) is 3.02. The molecule has 1 nitrogen and oxygen atoms in total. The van der Waals surface area contributed by atoms with Crippen molar-refractivity contribution in [3.05, 3.63) is 20.3 Å². The smallest absolute Gasteiger partial charge is 0.170 e. The number of hydrogen-bond donors (Lipinski definition) is 0. The Balaban J connectivity index is 3.15. The third-order valence-corrected chi connectivity index (χ3v) is 3.17. The van der Waals surface area contributed by atoms with Gasteiger partial charge in [0.25, 0.3) is 0 Å². The maximum absolute atomic E-state index is 10.9. The van der Waals surface area contributed by atoms with Crippen LogP contribution in [0.3, 0.4) is 0 Å². The molecular formula is C7H7BrOS. The topological polar surface area (TPSA) is 17.1 Å². The first-order chi connectivity index (χ1) is 4.61. The normalized spacial score (nSPS) is 9.90. The number of thiophene rings is 1. The monoisotopic (exact) mass is 218 g/mol. The van der Waals surface area contributed by atoms with Crippen molar-refractivity contribution < 1.29 is 4.79 Å². The van der Waals surface area contributed by atoms with E-state index in [1.807, 2.05) is 13.0 Å². The van der Waals surface area contributed by atoms with Gasteiger partial charge in [0.05, 0.1) is 4.88 Å². The van der Waals surface area contributed by atoms with Crippen LogP contribution in [0.25, 0.3) is 0 Å². The Morgan fingerprint density at radius 1 is 1.70 bits per heavy atom. The summed E-state index contributed by atoms with van der Waals surface area (Å²) < 4.78 is 0.919. The molecule has 0 radical (unpaired) electrons. The number of aryl methyl sites for hydroxylation is 1. The van der Waals surface area contributed by atoms with Crippen molar-refractivity contribution in [1.29, 1.82) is 0 Å². The lowest BCUT2D eigenvalue weighted by molar-refractivity contribution is 0.102. The van der Waals surface area contributed by atoms with Gasteiger partial charge in [0, 0.05) is 9.35 Å². The third-order valence-electron chi connectivity index (χ3n) is 1.13. The van der Waals surface area contributed by atoms with E-state index in [1.54, 1.807) is 6.92 Å². The Morgan fingerprint density at radius 3 is 2.50 bits per heavy atom. The lowest BCUT2D eigenvalue weighted by Gasteiger charge is -1.86. The third kappa shape index (κ3) is 1.47. The average molecular weight is 219 g/mol. The first-order valence-corrected chi connectivity index (χ1v) is 4.49. The molecular weight excluding hydrogens is 212 g/mol. The van der Waals surface area contributed by atoms with Crippen molar-refractivity contribution >= 4 is 33.0 Å². The van der Waals surface area contributed by atoms with E-state index >= 15 is 0 Å². The lowest BCUT2D eigenvalue weighted by atomic mass is 10.3. The second-order valence-corrected chi connectivity index (χ2v) is 4.20. The predicted molar refractivity (Wildman–Crippen MR) is 46.8 cm³/mol. The van der Waals surface area contributed by atoms with Crippen molar-refractivity contribution in [3.63, 3.8) is 0 Å². The van der Waals surface area contributed by atoms with Gasteiger partial charge < -0.3 is 0 Å². The minimum Gasteiger partial charge on any atom is -0.294 e. The van der Waals surface area contributed by atoms with E-state index in [0.29, 0.717) is 0 Å². The molecule has 0 aromatic carbocycles. The Morgan fingerprint density at radius 2 is 2.30 bits per heavy atom. The van der Waals surface area contributed by atoms with Crippen molar-refractivity contribution in [2.45, 2.75) is 13.8 Å². The highest BCUT2D eigenvalue weighted by Crippen LogP contribution is 2.26. The van der Waals surface area contributed by atoms with Gasteiger partial charge in [0.2, 0.25) is 0 Å². The summed E-state index contributed by atoms with van der Waals surface area (Å²) in [4.78, 5) is 12.8. The zero-order chi connectivity index (χ0) is 7.72. The van der Waals surface area contributed by atoms with E-state index in [-0.39, 0.29) is 5.78 Å². The van der Waals surface area contributed by atoms with Gasteiger partial charge in [-0.05, 0) is 35.8 Å². The summed E-state index contributed by atoms with van der Waals surface area (Å²) in [6.07, 6.45) is 0. The highest BCUT2D eigenvalue weighted by Gasteiger charge is 2.07. The summed E-state index contributed by atoms with van der Waals surface area (Å²) in [5.41, 5.74) is 0. The molecule has 0 bridgehead atoms. The number of carbonyl (C=O) groups excluding carboxylic acids is 1.